The quantitative estimate of drug-likeness (QED) is 0.618. The monoisotopic (exact) mass is 418 g/mol. The van der Waals surface area contributed by atoms with E-state index in [0.717, 1.165) is 10.2 Å². The van der Waals surface area contributed by atoms with Crippen molar-refractivity contribution in [2.45, 2.75) is 18.6 Å². The molecule has 128 valence electrons. The van der Waals surface area contributed by atoms with Gasteiger partial charge in [-0.15, -0.1) is 10.2 Å². The number of carbonyl (C=O) groups excluding carboxylic acids is 1. The molecular formula is C16H15BrN6OS. The lowest BCUT2D eigenvalue weighted by Crippen LogP contribution is -2.14. The van der Waals surface area contributed by atoms with Crippen LogP contribution in [0.25, 0.3) is 11.5 Å². The van der Waals surface area contributed by atoms with E-state index in [0.29, 0.717) is 23.2 Å². The highest BCUT2D eigenvalue weighted by molar-refractivity contribution is 9.10. The van der Waals surface area contributed by atoms with E-state index in [1.165, 1.54) is 11.8 Å². The van der Waals surface area contributed by atoms with Gasteiger partial charge >= 0.3 is 0 Å². The third-order valence-electron chi connectivity index (χ3n) is 3.29. The van der Waals surface area contributed by atoms with Crippen molar-refractivity contribution < 1.29 is 4.79 Å². The fourth-order valence-corrected chi connectivity index (χ4v) is 3.21. The van der Waals surface area contributed by atoms with Crippen molar-refractivity contribution in [3.63, 3.8) is 0 Å². The number of carbonyl (C=O) groups is 1. The number of hydrogen-bond donors (Lipinski definition) is 1. The molecule has 7 nitrogen and oxygen atoms in total. The molecule has 0 aliphatic rings. The molecule has 9 heteroatoms. The Morgan fingerprint density at radius 3 is 2.72 bits per heavy atom. The second-order valence-corrected chi connectivity index (χ2v) is 6.84. The number of anilines is 1. The molecule has 0 aliphatic heterocycles. The SMILES string of the molecule is CCn1c(SCC(=O)Nc2ccc(Br)cc2)nnc1-c1cnccn1. The maximum absolute atomic E-state index is 12.1. The largest absolute Gasteiger partial charge is 0.325 e. The Kier molecular flexibility index (Phi) is 5.77. The maximum Gasteiger partial charge on any atom is 0.234 e. The number of rotatable bonds is 6. The number of aromatic nitrogens is 5. The van der Waals surface area contributed by atoms with Gasteiger partial charge in [-0.2, -0.15) is 0 Å². The first kappa shape index (κ1) is 17.6. The van der Waals surface area contributed by atoms with Crippen LogP contribution in [0.1, 0.15) is 6.92 Å². The highest BCUT2D eigenvalue weighted by Gasteiger charge is 2.15. The van der Waals surface area contributed by atoms with Gasteiger partial charge in [0, 0.05) is 29.1 Å². The fourth-order valence-electron chi connectivity index (χ4n) is 2.14. The zero-order chi connectivity index (χ0) is 17.6. The lowest BCUT2D eigenvalue weighted by Gasteiger charge is -2.07. The van der Waals surface area contributed by atoms with Crippen LogP contribution in [0, 0.1) is 0 Å². The van der Waals surface area contributed by atoms with Gasteiger partial charge in [0.25, 0.3) is 0 Å². The van der Waals surface area contributed by atoms with Gasteiger partial charge < -0.3 is 9.88 Å². The van der Waals surface area contributed by atoms with E-state index < -0.39 is 0 Å². The molecule has 0 spiro atoms. The van der Waals surface area contributed by atoms with Gasteiger partial charge in [-0.25, -0.2) is 4.98 Å². The summed E-state index contributed by atoms with van der Waals surface area (Å²) in [6.45, 7) is 2.67. The number of halogens is 1. The zero-order valence-corrected chi connectivity index (χ0v) is 15.8. The van der Waals surface area contributed by atoms with Crippen molar-refractivity contribution in [3.8, 4) is 11.5 Å². The van der Waals surface area contributed by atoms with Crippen LogP contribution < -0.4 is 5.32 Å². The minimum Gasteiger partial charge on any atom is -0.325 e. The average Bonchev–Trinajstić information content (AvgIpc) is 3.05. The Balaban J connectivity index is 1.66. The van der Waals surface area contributed by atoms with E-state index in [-0.39, 0.29) is 11.7 Å². The highest BCUT2D eigenvalue weighted by Crippen LogP contribution is 2.22. The Bertz CT molecular complexity index is 853. The van der Waals surface area contributed by atoms with Crippen LogP contribution in [-0.2, 0) is 11.3 Å². The molecule has 0 radical (unpaired) electrons. The molecule has 0 atom stereocenters. The molecule has 3 rings (SSSR count). The fraction of sp³-hybridized carbons (Fsp3) is 0.188. The van der Waals surface area contributed by atoms with Crippen molar-refractivity contribution in [3.05, 3.63) is 47.3 Å². The summed E-state index contributed by atoms with van der Waals surface area (Å²) in [6.07, 6.45) is 4.87. The lowest BCUT2D eigenvalue weighted by molar-refractivity contribution is -0.113. The van der Waals surface area contributed by atoms with Crippen molar-refractivity contribution in [2.75, 3.05) is 11.1 Å². The molecule has 1 amide bonds. The van der Waals surface area contributed by atoms with E-state index in [2.05, 4.69) is 41.4 Å². The second-order valence-electron chi connectivity index (χ2n) is 4.98. The van der Waals surface area contributed by atoms with Crippen LogP contribution in [0.2, 0.25) is 0 Å². The predicted molar refractivity (Wildman–Crippen MR) is 100 cm³/mol. The van der Waals surface area contributed by atoms with Gasteiger partial charge in [0.1, 0.15) is 5.69 Å². The van der Waals surface area contributed by atoms with E-state index in [9.17, 15) is 4.79 Å². The Morgan fingerprint density at radius 2 is 2.04 bits per heavy atom. The molecular weight excluding hydrogens is 404 g/mol. The second kappa shape index (κ2) is 8.21. The first-order chi connectivity index (χ1) is 12.2. The molecule has 1 aromatic carbocycles. The number of nitrogens with one attached hydrogen (secondary N) is 1. The lowest BCUT2D eigenvalue weighted by atomic mass is 10.3. The number of hydrogen-bond acceptors (Lipinski definition) is 6. The Morgan fingerprint density at radius 1 is 1.24 bits per heavy atom. The summed E-state index contributed by atoms with van der Waals surface area (Å²) in [5.41, 5.74) is 1.41. The van der Waals surface area contributed by atoms with Crippen LogP contribution >= 0.6 is 27.7 Å². The van der Waals surface area contributed by atoms with Gasteiger partial charge in [0.15, 0.2) is 11.0 Å². The van der Waals surface area contributed by atoms with E-state index in [1.807, 2.05) is 35.8 Å². The standard InChI is InChI=1S/C16H15BrN6OS/c1-2-23-15(13-9-18-7-8-19-13)21-22-16(23)25-10-14(24)20-12-5-3-11(17)4-6-12/h3-9H,2,10H2,1H3,(H,20,24). The molecule has 2 aromatic heterocycles. The summed E-state index contributed by atoms with van der Waals surface area (Å²) in [7, 11) is 0. The van der Waals surface area contributed by atoms with Crippen LogP contribution in [0.3, 0.4) is 0 Å². The van der Waals surface area contributed by atoms with Gasteiger partial charge in [0.05, 0.1) is 11.9 Å². The summed E-state index contributed by atoms with van der Waals surface area (Å²) >= 11 is 4.70. The van der Waals surface area contributed by atoms with E-state index in [1.54, 1.807) is 18.6 Å². The summed E-state index contributed by atoms with van der Waals surface area (Å²) in [6, 6.07) is 7.44. The van der Waals surface area contributed by atoms with Gasteiger partial charge in [-0.3, -0.25) is 9.78 Å². The first-order valence-electron chi connectivity index (χ1n) is 7.55. The van der Waals surface area contributed by atoms with Gasteiger partial charge in [0.2, 0.25) is 5.91 Å². The topological polar surface area (TPSA) is 85.6 Å². The summed E-state index contributed by atoms with van der Waals surface area (Å²) < 4.78 is 2.88. The van der Waals surface area contributed by atoms with Crippen LogP contribution in [0.15, 0.2) is 52.5 Å². The Labute approximate surface area is 157 Å². The summed E-state index contributed by atoms with van der Waals surface area (Å²) in [5.74, 6) is 0.791. The minimum absolute atomic E-state index is 0.0981. The number of amides is 1. The molecule has 1 N–H and O–H groups in total. The molecule has 0 unspecified atom stereocenters. The number of thioether (sulfide) groups is 1. The third kappa shape index (κ3) is 4.43. The average molecular weight is 419 g/mol. The molecule has 0 saturated heterocycles. The van der Waals surface area contributed by atoms with Crippen LogP contribution in [0.4, 0.5) is 5.69 Å². The predicted octanol–water partition coefficient (Wildman–Crippen LogP) is 3.25. The number of nitrogens with zero attached hydrogens (tertiary/aromatic N) is 5. The smallest absolute Gasteiger partial charge is 0.234 e. The highest BCUT2D eigenvalue weighted by atomic mass is 79.9. The molecule has 0 bridgehead atoms. The minimum atomic E-state index is -0.0981. The van der Waals surface area contributed by atoms with Crippen LogP contribution in [0.5, 0.6) is 0 Å². The molecule has 0 fully saturated rings. The molecule has 0 aliphatic carbocycles. The van der Waals surface area contributed by atoms with Gasteiger partial charge in [-0.05, 0) is 31.2 Å². The van der Waals surface area contributed by atoms with Crippen LogP contribution in [-0.4, -0.2) is 36.4 Å². The normalized spacial score (nSPS) is 10.6. The van der Waals surface area contributed by atoms with E-state index >= 15 is 0 Å². The molecule has 0 saturated carbocycles. The number of benzene rings is 1. The van der Waals surface area contributed by atoms with Crippen molar-refractivity contribution in [1.82, 2.24) is 24.7 Å². The van der Waals surface area contributed by atoms with Gasteiger partial charge in [-0.1, -0.05) is 27.7 Å². The third-order valence-corrected chi connectivity index (χ3v) is 4.78. The summed E-state index contributed by atoms with van der Waals surface area (Å²) in [5, 5.41) is 11.9. The zero-order valence-electron chi connectivity index (χ0n) is 13.4. The molecule has 3 aromatic rings. The first-order valence-corrected chi connectivity index (χ1v) is 9.33. The summed E-state index contributed by atoms with van der Waals surface area (Å²) in [4.78, 5) is 20.4. The molecule has 2 heterocycles. The van der Waals surface area contributed by atoms with Crippen molar-refractivity contribution >= 4 is 39.3 Å². The van der Waals surface area contributed by atoms with Crippen molar-refractivity contribution in [1.29, 1.82) is 0 Å². The Hall–Kier alpha value is -2.26. The van der Waals surface area contributed by atoms with Crippen molar-refractivity contribution in [2.24, 2.45) is 0 Å². The molecule has 25 heavy (non-hydrogen) atoms. The van der Waals surface area contributed by atoms with E-state index in [4.69, 9.17) is 0 Å². The maximum atomic E-state index is 12.1.